The molecule has 3 nitrogen and oxygen atoms in total. The van der Waals surface area contributed by atoms with Gasteiger partial charge in [-0.05, 0) is 61.9 Å². The number of ketones is 1. The Kier molecular flexibility index (Phi) is 7.91. The van der Waals surface area contributed by atoms with Gasteiger partial charge in [0.15, 0.2) is 0 Å². The van der Waals surface area contributed by atoms with Gasteiger partial charge in [-0.1, -0.05) is 53.7 Å². The highest BCUT2D eigenvalue weighted by atomic mass is 32.1. The third-order valence-electron chi connectivity index (χ3n) is 6.56. The minimum absolute atomic E-state index is 0.00411. The van der Waals surface area contributed by atoms with Gasteiger partial charge in [-0.25, -0.2) is 4.79 Å². The van der Waals surface area contributed by atoms with Gasteiger partial charge in [0.05, 0.1) is 12.7 Å². The van der Waals surface area contributed by atoms with Gasteiger partial charge in [0.2, 0.25) is 0 Å². The van der Waals surface area contributed by atoms with E-state index in [0.29, 0.717) is 11.3 Å². The molecule has 2 rings (SSSR count). The number of hydrogen-bond donors (Lipinski definition) is 0. The van der Waals surface area contributed by atoms with Crippen LogP contribution in [0.4, 0.5) is 0 Å². The number of esters is 1. The maximum Gasteiger partial charge on any atom is 0.338 e. The number of thiophene rings is 1. The lowest BCUT2D eigenvalue weighted by Crippen LogP contribution is -2.27. The van der Waals surface area contributed by atoms with E-state index in [9.17, 15) is 9.59 Å². The maximum absolute atomic E-state index is 12.7. The monoisotopic (exact) mass is 442 g/mol. The summed E-state index contributed by atoms with van der Waals surface area (Å²) in [6, 6.07) is 8.42. The maximum atomic E-state index is 12.7. The lowest BCUT2D eigenvalue weighted by atomic mass is 9.74. The molecule has 170 valence electrons. The number of hydrogen-bond acceptors (Lipinski definition) is 4. The second kappa shape index (κ2) is 9.68. The third kappa shape index (κ3) is 5.11. The number of ether oxygens (including phenoxy) is 1. The lowest BCUT2D eigenvalue weighted by Gasteiger charge is -2.32. The van der Waals surface area contributed by atoms with Crippen LogP contribution in [-0.4, -0.2) is 18.9 Å². The van der Waals surface area contributed by atoms with Gasteiger partial charge in [-0.15, -0.1) is 11.3 Å². The van der Waals surface area contributed by atoms with Gasteiger partial charge in [0.25, 0.3) is 0 Å². The Morgan fingerprint density at radius 3 is 2.13 bits per heavy atom. The average Bonchev–Trinajstić information content (AvgIpc) is 3.08. The van der Waals surface area contributed by atoms with E-state index in [2.05, 4.69) is 39.0 Å². The highest BCUT2D eigenvalue weighted by Gasteiger charge is 2.34. The summed E-state index contributed by atoms with van der Waals surface area (Å²) in [7, 11) is 1.42. The number of rotatable bonds is 8. The molecule has 4 heteroatoms. The van der Waals surface area contributed by atoms with E-state index < -0.39 is 0 Å². The second-order valence-electron chi connectivity index (χ2n) is 9.75. The van der Waals surface area contributed by atoms with Crippen LogP contribution >= 0.6 is 11.3 Å². The summed E-state index contributed by atoms with van der Waals surface area (Å²) in [5.74, 6) is 0.0203. The summed E-state index contributed by atoms with van der Waals surface area (Å²) in [5.41, 5.74) is 3.63. The molecule has 0 saturated carbocycles. The van der Waals surface area contributed by atoms with Crippen LogP contribution < -0.4 is 0 Å². The molecule has 0 radical (unpaired) electrons. The number of Topliss-reactive ketones (excluding diaryl/α,β-unsaturated/α-hetero) is 1. The van der Waals surface area contributed by atoms with Crippen molar-refractivity contribution in [2.75, 3.05) is 7.11 Å². The number of methoxy groups -OCH3 is 1. The molecule has 0 amide bonds. The van der Waals surface area contributed by atoms with Crippen molar-refractivity contribution >= 4 is 23.1 Å². The average molecular weight is 443 g/mol. The van der Waals surface area contributed by atoms with Crippen molar-refractivity contribution in [2.24, 2.45) is 11.3 Å². The molecule has 1 aromatic carbocycles. The van der Waals surface area contributed by atoms with Crippen molar-refractivity contribution in [3.8, 4) is 0 Å². The Morgan fingerprint density at radius 2 is 1.65 bits per heavy atom. The Bertz CT molecular complexity index is 942. The number of benzene rings is 1. The third-order valence-corrected chi connectivity index (χ3v) is 8.03. The molecule has 1 aromatic heterocycles. The fourth-order valence-corrected chi connectivity index (χ4v) is 6.17. The Labute approximate surface area is 192 Å². The molecule has 0 aliphatic rings. The molecule has 2 aromatic rings. The van der Waals surface area contributed by atoms with Crippen LogP contribution in [0.5, 0.6) is 0 Å². The molecule has 0 aliphatic heterocycles. The van der Waals surface area contributed by atoms with Crippen molar-refractivity contribution in [3.63, 3.8) is 0 Å². The van der Waals surface area contributed by atoms with E-state index in [1.807, 2.05) is 52.0 Å². The molecule has 1 atom stereocenters. The zero-order valence-electron chi connectivity index (χ0n) is 20.6. The quantitative estimate of drug-likeness (QED) is 0.411. The Morgan fingerprint density at radius 1 is 1.03 bits per heavy atom. The fraction of sp³-hybridized carbons (Fsp3) is 0.556. The zero-order valence-corrected chi connectivity index (χ0v) is 21.5. The highest BCUT2D eigenvalue weighted by Crippen LogP contribution is 2.44. The Balaban J connectivity index is 2.46. The van der Waals surface area contributed by atoms with Crippen LogP contribution in [0.1, 0.15) is 91.2 Å². The van der Waals surface area contributed by atoms with Crippen molar-refractivity contribution in [1.82, 2.24) is 0 Å². The molecule has 31 heavy (non-hydrogen) atoms. The minimum atomic E-state index is -0.317. The second-order valence-corrected chi connectivity index (χ2v) is 10.9. The van der Waals surface area contributed by atoms with E-state index in [0.717, 1.165) is 24.8 Å². The normalized spacial score (nSPS) is 13.2. The smallest absolute Gasteiger partial charge is 0.338 e. The van der Waals surface area contributed by atoms with E-state index >= 15 is 0 Å². The number of carbonyl (C=O) groups is 2. The van der Waals surface area contributed by atoms with Crippen LogP contribution in [0.3, 0.4) is 0 Å². The number of carbonyl (C=O) groups excluding carboxylic acids is 2. The Hall–Kier alpha value is -1.94. The molecule has 0 saturated heterocycles. The predicted molar refractivity (Wildman–Crippen MR) is 130 cm³/mol. The largest absolute Gasteiger partial charge is 0.465 e. The van der Waals surface area contributed by atoms with E-state index in [4.69, 9.17) is 4.74 Å². The summed E-state index contributed by atoms with van der Waals surface area (Å²) < 4.78 is 4.91. The first-order chi connectivity index (χ1) is 14.4. The first-order valence-electron chi connectivity index (χ1n) is 11.2. The standard InChI is InChI=1S/C27H38O3S/c1-10-27(11-2,20-12-13-21(17(3)14-20)25(29)30-9)23-16-18(4)22(31-23)15-19(5)24(28)26(6,7)8/h12-14,16,19H,10-11,15H2,1-9H3. The summed E-state index contributed by atoms with van der Waals surface area (Å²) in [5, 5.41) is 0. The first-order valence-corrected chi connectivity index (χ1v) is 12.1. The molecular weight excluding hydrogens is 404 g/mol. The van der Waals surface area contributed by atoms with E-state index in [1.54, 1.807) is 0 Å². The van der Waals surface area contributed by atoms with Crippen molar-refractivity contribution in [2.45, 2.75) is 80.1 Å². The summed E-state index contributed by atoms with van der Waals surface area (Å²) >= 11 is 1.84. The SMILES string of the molecule is CCC(CC)(c1ccc(C(=O)OC)c(C)c1)c1cc(C)c(CC(C)C(=O)C(C)(C)C)s1. The molecule has 0 spiro atoms. The summed E-state index contributed by atoms with van der Waals surface area (Å²) in [6.07, 6.45) is 2.73. The van der Waals surface area contributed by atoms with Crippen LogP contribution in [0.25, 0.3) is 0 Å². The predicted octanol–water partition coefficient (Wildman–Crippen LogP) is 7.05. The van der Waals surface area contributed by atoms with Crippen LogP contribution in [0, 0.1) is 25.2 Å². The fourth-order valence-electron chi connectivity index (χ4n) is 4.52. The molecular formula is C27H38O3S. The van der Waals surface area contributed by atoms with Gasteiger partial charge in [-0.3, -0.25) is 4.79 Å². The van der Waals surface area contributed by atoms with Crippen LogP contribution in [0.15, 0.2) is 24.3 Å². The zero-order chi connectivity index (χ0) is 23.6. The highest BCUT2D eigenvalue weighted by molar-refractivity contribution is 7.12. The van der Waals surface area contributed by atoms with E-state index in [-0.39, 0.29) is 22.7 Å². The van der Waals surface area contributed by atoms with Crippen molar-refractivity contribution < 1.29 is 14.3 Å². The molecule has 0 N–H and O–H groups in total. The molecule has 1 unspecified atom stereocenters. The van der Waals surface area contributed by atoms with Crippen LogP contribution in [0.2, 0.25) is 0 Å². The topological polar surface area (TPSA) is 43.4 Å². The lowest BCUT2D eigenvalue weighted by molar-refractivity contribution is -0.129. The summed E-state index contributed by atoms with van der Waals surface area (Å²) in [4.78, 5) is 27.4. The van der Waals surface area contributed by atoms with Gasteiger partial charge in [-0.2, -0.15) is 0 Å². The molecule has 0 fully saturated rings. The molecule has 0 bridgehead atoms. The number of aryl methyl sites for hydroxylation is 2. The summed E-state index contributed by atoms with van der Waals surface area (Å²) in [6.45, 7) is 16.6. The molecule has 0 aliphatic carbocycles. The van der Waals surface area contributed by atoms with Crippen molar-refractivity contribution in [3.05, 3.63) is 56.3 Å². The van der Waals surface area contributed by atoms with Gasteiger partial charge in [0.1, 0.15) is 5.78 Å². The minimum Gasteiger partial charge on any atom is -0.465 e. The van der Waals surface area contributed by atoms with Gasteiger partial charge >= 0.3 is 5.97 Å². The van der Waals surface area contributed by atoms with Gasteiger partial charge < -0.3 is 4.74 Å². The molecule has 1 heterocycles. The van der Waals surface area contributed by atoms with Crippen molar-refractivity contribution in [1.29, 1.82) is 0 Å². The first kappa shape index (κ1) is 25.3. The van der Waals surface area contributed by atoms with Crippen LogP contribution in [-0.2, 0) is 21.4 Å². The van der Waals surface area contributed by atoms with E-state index in [1.165, 1.54) is 28.0 Å². The van der Waals surface area contributed by atoms with Gasteiger partial charge in [0, 0.05) is 26.5 Å².